The number of hydrogen-bond acceptors (Lipinski definition) is 1. The number of nitrogens with zero attached hydrogens (tertiary/aromatic N) is 1. The average Bonchev–Trinajstić information content (AvgIpc) is 3.11. The zero-order valence-electron chi connectivity index (χ0n) is 9.88. The molecule has 1 aromatic rings. The first-order valence-electron chi connectivity index (χ1n) is 5.97. The lowest BCUT2D eigenvalue weighted by molar-refractivity contribution is -0.137. The first-order valence-corrected chi connectivity index (χ1v) is 7.09. The molecule has 0 radical (unpaired) electrons. The number of alkyl halides is 4. The minimum atomic E-state index is -4.25. The molecule has 0 atom stereocenters. The SMILES string of the molecule is FC(F)(F)c1cccc(CN(CCBr)C2CC2)c1. The normalized spacial score (nSPS) is 16.3. The fourth-order valence-electron chi connectivity index (χ4n) is 2.02. The van der Waals surface area contributed by atoms with Gasteiger partial charge in [0.2, 0.25) is 0 Å². The van der Waals surface area contributed by atoms with Gasteiger partial charge in [-0.1, -0.05) is 34.1 Å². The average molecular weight is 322 g/mol. The van der Waals surface area contributed by atoms with Crippen LogP contribution < -0.4 is 0 Å². The summed E-state index contributed by atoms with van der Waals surface area (Å²) in [4.78, 5) is 2.24. The summed E-state index contributed by atoms with van der Waals surface area (Å²) in [5.41, 5.74) is 0.173. The van der Waals surface area contributed by atoms with Crippen LogP contribution in [0, 0.1) is 0 Å². The van der Waals surface area contributed by atoms with Gasteiger partial charge in [-0.05, 0) is 24.5 Å². The van der Waals surface area contributed by atoms with Crippen LogP contribution in [0.15, 0.2) is 24.3 Å². The predicted octanol–water partition coefficient (Wildman–Crippen LogP) is 4.06. The van der Waals surface area contributed by atoms with Gasteiger partial charge in [0.25, 0.3) is 0 Å². The Bertz CT molecular complexity index is 401. The molecular formula is C13H15BrF3N. The van der Waals surface area contributed by atoms with Crippen molar-refractivity contribution < 1.29 is 13.2 Å². The fraction of sp³-hybridized carbons (Fsp3) is 0.538. The third-order valence-electron chi connectivity index (χ3n) is 3.07. The van der Waals surface area contributed by atoms with E-state index in [2.05, 4.69) is 20.8 Å². The van der Waals surface area contributed by atoms with Crippen molar-refractivity contribution >= 4 is 15.9 Å². The Balaban J connectivity index is 2.08. The van der Waals surface area contributed by atoms with Crippen LogP contribution in [-0.2, 0) is 12.7 Å². The third-order valence-corrected chi connectivity index (χ3v) is 3.43. The zero-order chi connectivity index (χ0) is 13.2. The highest BCUT2D eigenvalue weighted by molar-refractivity contribution is 9.09. The maximum Gasteiger partial charge on any atom is 0.416 e. The maximum absolute atomic E-state index is 12.6. The standard InChI is InChI=1S/C13H15BrF3N/c14-6-7-18(12-4-5-12)9-10-2-1-3-11(8-10)13(15,16)17/h1-3,8,12H,4-7,9H2. The first kappa shape index (κ1) is 13.9. The lowest BCUT2D eigenvalue weighted by Crippen LogP contribution is -2.27. The quantitative estimate of drug-likeness (QED) is 0.739. The summed E-state index contributed by atoms with van der Waals surface area (Å²) in [5.74, 6) is 0. The summed E-state index contributed by atoms with van der Waals surface area (Å²) in [6.07, 6.45) is -1.94. The molecule has 1 aliphatic carbocycles. The molecule has 1 fully saturated rings. The molecule has 0 bridgehead atoms. The van der Waals surface area contributed by atoms with Crippen molar-refractivity contribution in [3.63, 3.8) is 0 Å². The summed E-state index contributed by atoms with van der Waals surface area (Å²) in [5, 5.41) is 0.850. The van der Waals surface area contributed by atoms with E-state index < -0.39 is 11.7 Å². The van der Waals surface area contributed by atoms with Crippen LogP contribution in [-0.4, -0.2) is 22.8 Å². The predicted molar refractivity (Wildman–Crippen MR) is 68.7 cm³/mol. The number of halogens is 4. The minimum Gasteiger partial charge on any atom is -0.295 e. The molecule has 0 aliphatic heterocycles. The van der Waals surface area contributed by atoms with Gasteiger partial charge in [-0.25, -0.2) is 0 Å². The summed E-state index contributed by atoms with van der Waals surface area (Å²) in [6, 6.07) is 6.17. The van der Waals surface area contributed by atoms with Gasteiger partial charge >= 0.3 is 6.18 Å². The third kappa shape index (κ3) is 3.72. The van der Waals surface area contributed by atoms with Crippen LogP contribution in [0.1, 0.15) is 24.0 Å². The molecule has 0 unspecified atom stereocenters. The van der Waals surface area contributed by atoms with E-state index in [4.69, 9.17) is 0 Å². The Morgan fingerprint density at radius 1 is 1.28 bits per heavy atom. The molecule has 5 heteroatoms. The molecule has 2 rings (SSSR count). The Labute approximate surface area is 113 Å². The number of rotatable bonds is 5. The zero-order valence-corrected chi connectivity index (χ0v) is 11.5. The van der Waals surface area contributed by atoms with Gasteiger partial charge in [0.15, 0.2) is 0 Å². The summed E-state index contributed by atoms with van der Waals surface area (Å²) in [7, 11) is 0. The molecule has 1 aromatic carbocycles. The Hall–Kier alpha value is -0.550. The second-order valence-corrected chi connectivity index (χ2v) is 5.38. The van der Waals surface area contributed by atoms with Crippen molar-refractivity contribution in [3.8, 4) is 0 Å². The number of benzene rings is 1. The van der Waals surface area contributed by atoms with E-state index in [1.807, 2.05) is 0 Å². The highest BCUT2D eigenvalue weighted by Gasteiger charge is 2.31. The van der Waals surface area contributed by atoms with Crippen molar-refractivity contribution in [3.05, 3.63) is 35.4 Å². The minimum absolute atomic E-state index is 0.553. The van der Waals surface area contributed by atoms with Crippen molar-refractivity contribution in [1.29, 1.82) is 0 Å². The maximum atomic E-state index is 12.6. The van der Waals surface area contributed by atoms with Crippen LogP contribution in [0.3, 0.4) is 0 Å². The molecule has 0 saturated heterocycles. The first-order chi connectivity index (χ1) is 8.50. The molecule has 100 valence electrons. The Kier molecular flexibility index (Phi) is 4.33. The summed E-state index contributed by atoms with van der Waals surface area (Å²) >= 11 is 3.38. The highest BCUT2D eigenvalue weighted by Crippen LogP contribution is 2.31. The van der Waals surface area contributed by atoms with Gasteiger partial charge in [0, 0.05) is 24.5 Å². The van der Waals surface area contributed by atoms with Gasteiger partial charge in [-0.3, -0.25) is 4.90 Å². The lowest BCUT2D eigenvalue weighted by atomic mass is 10.1. The Morgan fingerprint density at radius 2 is 2.00 bits per heavy atom. The van der Waals surface area contributed by atoms with Crippen molar-refractivity contribution in [2.45, 2.75) is 31.6 Å². The highest BCUT2D eigenvalue weighted by atomic mass is 79.9. The molecule has 0 amide bonds. The lowest BCUT2D eigenvalue weighted by Gasteiger charge is -2.21. The topological polar surface area (TPSA) is 3.24 Å². The van der Waals surface area contributed by atoms with Crippen molar-refractivity contribution in [1.82, 2.24) is 4.90 Å². The molecule has 0 N–H and O–H groups in total. The second kappa shape index (κ2) is 5.61. The van der Waals surface area contributed by atoms with Crippen LogP contribution in [0.5, 0.6) is 0 Å². The van der Waals surface area contributed by atoms with Gasteiger partial charge in [0.05, 0.1) is 5.56 Å². The Morgan fingerprint density at radius 3 is 2.56 bits per heavy atom. The van der Waals surface area contributed by atoms with E-state index in [0.29, 0.717) is 12.6 Å². The second-order valence-electron chi connectivity index (χ2n) is 4.59. The molecular weight excluding hydrogens is 307 g/mol. The van der Waals surface area contributed by atoms with E-state index >= 15 is 0 Å². The van der Waals surface area contributed by atoms with Crippen LogP contribution in [0.25, 0.3) is 0 Å². The molecule has 1 saturated carbocycles. The molecule has 18 heavy (non-hydrogen) atoms. The molecule has 0 spiro atoms. The van der Waals surface area contributed by atoms with Gasteiger partial charge in [-0.2, -0.15) is 13.2 Å². The van der Waals surface area contributed by atoms with E-state index in [-0.39, 0.29) is 0 Å². The van der Waals surface area contributed by atoms with E-state index in [1.165, 1.54) is 12.1 Å². The van der Waals surface area contributed by atoms with Crippen LogP contribution >= 0.6 is 15.9 Å². The smallest absolute Gasteiger partial charge is 0.295 e. The summed E-state index contributed by atoms with van der Waals surface area (Å²) < 4.78 is 37.8. The monoisotopic (exact) mass is 321 g/mol. The van der Waals surface area contributed by atoms with E-state index in [0.717, 1.165) is 36.3 Å². The van der Waals surface area contributed by atoms with E-state index in [9.17, 15) is 13.2 Å². The van der Waals surface area contributed by atoms with Crippen molar-refractivity contribution in [2.75, 3.05) is 11.9 Å². The molecule has 1 nitrogen and oxygen atoms in total. The van der Waals surface area contributed by atoms with Gasteiger partial charge in [-0.15, -0.1) is 0 Å². The molecule has 1 aliphatic rings. The van der Waals surface area contributed by atoms with Gasteiger partial charge in [0.1, 0.15) is 0 Å². The van der Waals surface area contributed by atoms with Crippen LogP contribution in [0.4, 0.5) is 13.2 Å². The summed E-state index contributed by atoms with van der Waals surface area (Å²) in [6.45, 7) is 1.47. The largest absolute Gasteiger partial charge is 0.416 e. The van der Waals surface area contributed by atoms with E-state index in [1.54, 1.807) is 6.07 Å². The van der Waals surface area contributed by atoms with Gasteiger partial charge < -0.3 is 0 Å². The fourth-order valence-corrected chi connectivity index (χ4v) is 2.48. The molecule has 0 aromatic heterocycles. The van der Waals surface area contributed by atoms with Crippen LogP contribution in [0.2, 0.25) is 0 Å². The number of hydrogen-bond donors (Lipinski definition) is 0. The molecule has 0 heterocycles. The van der Waals surface area contributed by atoms with Crippen molar-refractivity contribution in [2.24, 2.45) is 0 Å².